The fourth-order valence-corrected chi connectivity index (χ4v) is 0.714. The summed E-state index contributed by atoms with van der Waals surface area (Å²) >= 11 is 0. The molecule has 19 heavy (non-hydrogen) atoms. The Balaban J connectivity index is -0.000000165. The zero-order valence-electron chi connectivity index (χ0n) is 10.2. The van der Waals surface area contributed by atoms with E-state index in [4.69, 9.17) is 35.4 Å². The Labute approximate surface area is 191 Å². The van der Waals surface area contributed by atoms with Crippen molar-refractivity contribution in [3.05, 3.63) is 0 Å². The Kier molecular flexibility index (Phi) is 20.5. The normalized spacial score (nSPS) is 8.68. The maximum atomic E-state index is 10.3. The molecule has 98 valence electrons. The second-order valence-corrected chi connectivity index (χ2v) is 2.74. The Morgan fingerprint density at radius 1 is 0.842 bits per heavy atom. The number of hydrogen-bond acceptors (Lipinski definition) is 6. The van der Waals surface area contributed by atoms with Gasteiger partial charge in [-0.3, -0.25) is 9.59 Å². The molecule has 0 aromatic heterocycles. The summed E-state index contributed by atoms with van der Waals surface area (Å²) in [7, 11) is 0. The zero-order chi connectivity index (χ0) is 14.2. The van der Waals surface area contributed by atoms with Gasteiger partial charge in [0.25, 0.3) is 0 Å². The molecular weight excluding hydrogens is 322 g/mol. The van der Waals surface area contributed by atoms with E-state index in [2.05, 4.69) is 0 Å². The molecule has 12 heteroatoms. The number of aliphatic hydroxyl groups is 1. The topological polar surface area (TPSA) is 192 Å². The van der Waals surface area contributed by atoms with Crippen LogP contribution in [0.3, 0.4) is 0 Å². The minimum absolute atomic E-state index is 0. The summed E-state index contributed by atoms with van der Waals surface area (Å²) in [4.78, 5) is 38.9. The molecule has 0 aromatic rings. The predicted molar refractivity (Wildman–Crippen MR) is 45.1 cm³/mol. The molecule has 0 spiro atoms. The van der Waals surface area contributed by atoms with Crippen LogP contribution in [0.1, 0.15) is 12.8 Å². The fraction of sp³-hybridized carbons (Fsp3) is 0.429. The summed E-state index contributed by atoms with van der Waals surface area (Å²) < 4.78 is 0. The van der Waals surface area contributed by atoms with E-state index >= 15 is 0 Å². The molecular formula is C7H9K2O10+. The van der Waals surface area contributed by atoms with E-state index in [0.717, 1.165) is 0 Å². The van der Waals surface area contributed by atoms with Crippen LogP contribution < -0.4 is 108 Å². The van der Waals surface area contributed by atoms with E-state index in [9.17, 15) is 14.4 Å². The Bertz CT molecular complexity index is 308. The van der Waals surface area contributed by atoms with Crippen LogP contribution in [0.5, 0.6) is 0 Å². The van der Waals surface area contributed by atoms with Crippen LogP contribution in [0.25, 0.3) is 0 Å². The first-order chi connectivity index (χ1) is 7.51. The van der Waals surface area contributed by atoms with Crippen molar-refractivity contribution in [3.63, 3.8) is 0 Å². The SMILES string of the molecule is O=C(O)CC(O)(CC(=O)O)C(=O)O.O=C([O-])O.[K+].[K+]. The van der Waals surface area contributed by atoms with Gasteiger partial charge < -0.3 is 35.4 Å². The largest absolute Gasteiger partial charge is 1.00 e. The average molecular weight is 331 g/mol. The van der Waals surface area contributed by atoms with Crippen molar-refractivity contribution in [1.29, 1.82) is 0 Å². The molecule has 0 atom stereocenters. The van der Waals surface area contributed by atoms with E-state index < -0.39 is 42.5 Å². The van der Waals surface area contributed by atoms with Crippen molar-refractivity contribution >= 4 is 24.1 Å². The molecule has 0 radical (unpaired) electrons. The minimum atomic E-state index is -2.74. The van der Waals surface area contributed by atoms with Gasteiger partial charge in [0.15, 0.2) is 5.60 Å². The predicted octanol–water partition coefficient (Wildman–Crippen LogP) is -8.35. The molecule has 0 bridgehead atoms. The van der Waals surface area contributed by atoms with Crippen LogP contribution >= 0.6 is 0 Å². The third kappa shape index (κ3) is 18.9. The zero-order valence-corrected chi connectivity index (χ0v) is 16.4. The number of carboxylic acid groups (broad SMARTS) is 5. The van der Waals surface area contributed by atoms with Crippen LogP contribution in [0.2, 0.25) is 0 Å². The summed E-state index contributed by atoms with van der Waals surface area (Å²) in [6, 6.07) is 0. The molecule has 10 nitrogen and oxygen atoms in total. The number of aliphatic carboxylic acids is 3. The molecule has 0 aromatic carbocycles. The Morgan fingerprint density at radius 3 is 1.16 bits per heavy atom. The monoisotopic (exact) mass is 331 g/mol. The van der Waals surface area contributed by atoms with Crippen molar-refractivity contribution < 1.29 is 153 Å². The Morgan fingerprint density at radius 2 is 1.05 bits per heavy atom. The van der Waals surface area contributed by atoms with Crippen LogP contribution in [0.15, 0.2) is 0 Å². The van der Waals surface area contributed by atoms with Gasteiger partial charge in [0, 0.05) is 0 Å². The molecule has 0 aliphatic heterocycles. The van der Waals surface area contributed by atoms with E-state index in [1.807, 2.05) is 0 Å². The molecule has 0 heterocycles. The fourth-order valence-electron chi connectivity index (χ4n) is 0.714. The molecule has 0 rings (SSSR count). The minimum Gasteiger partial charge on any atom is -0.565 e. The quantitative estimate of drug-likeness (QED) is 0.302. The van der Waals surface area contributed by atoms with Crippen molar-refractivity contribution in [2.75, 3.05) is 0 Å². The smallest absolute Gasteiger partial charge is 0.565 e. The molecule has 0 aliphatic rings. The third-order valence-electron chi connectivity index (χ3n) is 1.29. The first kappa shape index (κ1) is 28.1. The number of carboxylic acids is 3. The summed E-state index contributed by atoms with van der Waals surface area (Å²) in [5, 5.41) is 49.1. The summed E-state index contributed by atoms with van der Waals surface area (Å²) in [6.45, 7) is 0. The van der Waals surface area contributed by atoms with Gasteiger partial charge in [-0.25, -0.2) is 4.79 Å². The van der Waals surface area contributed by atoms with Gasteiger partial charge in [-0.1, -0.05) is 0 Å². The van der Waals surface area contributed by atoms with Gasteiger partial charge >= 0.3 is 121 Å². The first-order valence-corrected chi connectivity index (χ1v) is 3.80. The second kappa shape index (κ2) is 13.9. The molecule has 0 saturated heterocycles. The molecule has 0 unspecified atom stereocenters. The molecule has 0 fully saturated rings. The van der Waals surface area contributed by atoms with Crippen molar-refractivity contribution in [1.82, 2.24) is 0 Å². The van der Waals surface area contributed by atoms with Crippen LogP contribution in [-0.4, -0.2) is 55.2 Å². The van der Waals surface area contributed by atoms with E-state index in [1.54, 1.807) is 0 Å². The van der Waals surface area contributed by atoms with Gasteiger partial charge in [0.1, 0.15) is 0 Å². The van der Waals surface area contributed by atoms with Crippen molar-refractivity contribution in [3.8, 4) is 0 Å². The first-order valence-electron chi connectivity index (χ1n) is 3.80. The summed E-state index contributed by atoms with van der Waals surface area (Å²) in [5.41, 5.74) is -2.74. The van der Waals surface area contributed by atoms with Crippen LogP contribution in [0, 0.1) is 0 Å². The van der Waals surface area contributed by atoms with Crippen LogP contribution in [0.4, 0.5) is 4.79 Å². The maximum Gasteiger partial charge on any atom is 1.00 e. The summed E-state index contributed by atoms with van der Waals surface area (Å²) in [6.07, 6.45) is -4.37. The van der Waals surface area contributed by atoms with Crippen LogP contribution in [-0.2, 0) is 14.4 Å². The summed E-state index contributed by atoms with van der Waals surface area (Å²) in [5.74, 6) is -5.02. The Hall–Kier alpha value is 0.913. The standard InChI is InChI=1S/C6H8O7.CH2O3.2K/c7-3(8)1-6(13,5(11)12)2-4(9)10;2-1(3)4;;/h13H,1-2H2,(H,7,8)(H,9,10)(H,11,12);(H2,2,3,4);;/q;;2*+1/p-1. The van der Waals surface area contributed by atoms with Crippen molar-refractivity contribution in [2.45, 2.75) is 18.4 Å². The van der Waals surface area contributed by atoms with E-state index in [0.29, 0.717) is 0 Å². The molecule has 5 N–H and O–H groups in total. The molecule has 0 amide bonds. The van der Waals surface area contributed by atoms with Gasteiger partial charge in [-0.15, -0.1) is 0 Å². The maximum absolute atomic E-state index is 10.3. The van der Waals surface area contributed by atoms with Crippen molar-refractivity contribution in [2.24, 2.45) is 0 Å². The second-order valence-electron chi connectivity index (χ2n) is 2.74. The van der Waals surface area contributed by atoms with Gasteiger partial charge in [-0.2, -0.15) is 0 Å². The van der Waals surface area contributed by atoms with E-state index in [1.165, 1.54) is 0 Å². The van der Waals surface area contributed by atoms with Gasteiger partial charge in [0.2, 0.25) is 6.16 Å². The van der Waals surface area contributed by atoms with E-state index in [-0.39, 0.29) is 103 Å². The third-order valence-corrected chi connectivity index (χ3v) is 1.29. The van der Waals surface area contributed by atoms with Gasteiger partial charge in [0.05, 0.1) is 12.8 Å². The average Bonchev–Trinajstić information content (AvgIpc) is 1.98. The molecule has 0 saturated carbocycles. The van der Waals surface area contributed by atoms with Gasteiger partial charge in [-0.05, 0) is 0 Å². The number of rotatable bonds is 5. The number of hydrogen-bond donors (Lipinski definition) is 5. The number of carbonyl (C=O) groups is 4. The molecule has 0 aliphatic carbocycles.